The number of carbonyl (C=O) groups is 1. The predicted octanol–water partition coefficient (Wildman–Crippen LogP) is 3.28. The zero-order valence-electron chi connectivity index (χ0n) is 18.2. The minimum atomic E-state index is -3.93. The molecule has 1 amide bonds. The monoisotopic (exact) mass is 464 g/mol. The Morgan fingerprint density at radius 2 is 1.52 bits per heavy atom. The van der Waals surface area contributed by atoms with Gasteiger partial charge in [-0.1, -0.05) is 25.0 Å². The Bertz CT molecular complexity index is 1190. The normalized spacial score (nSPS) is 16.4. The molecule has 0 atom stereocenters. The highest BCUT2D eigenvalue weighted by Crippen LogP contribution is 2.42. The summed E-state index contributed by atoms with van der Waals surface area (Å²) in [7, 11) is -4.65. The van der Waals surface area contributed by atoms with Crippen LogP contribution in [0.2, 0.25) is 0 Å². The highest BCUT2D eigenvalue weighted by atomic mass is 32.2. The number of aryl methyl sites for hydroxylation is 2. The van der Waals surface area contributed by atoms with Gasteiger partial charge >= 0.3 is 0 Å². The van der Waals surface area contributed by atoms with Gasteiger partial charge in [0.1, 0.15) is 0 Å². The standard InChI is InChI=1S/C22H28N2O5S2/c1-16-7-8-17(2)20(15-16)30(26,27)22(13-5-6-14-22)21(25)23-18-9-11-19(12-10-18)31(28,29)24(3)4/h7-12,15H,5-6,13-14H2,1-4H3,(H,23,25). The molecule has 1 fully saturated rings. The number of amides is 1. The molecular formula is C22H28N2O5S2. The first-order valence-corrected chi connectivity index (χ1v) is 13.0. The van der Waals surface area contributed by atoms with Crippen molar-refractivity contribution in [3.63, 3.8) is 0 Å². The molecule has 3 rings (SSSR count). The predicted molar refractivity (Wildman–Crippen MR) is 120 cm³/mol. The zero-order chi connectivity index (χ0) is 23.0. The quantitative estimate of drug-likeness (QED) is 0.707. The van der Waals surface area contributed by atoms with E-state index in [9.17, 15) is 21.6 Å². The molecule has 0 heterocycles. The fraction of sp³-hybridized carbons (Fsp3) is 0.409. The summed E-state index contributed by atoms with van der Waals surface area (Å²) < 4.78 is 51.4. The van der Waals surface area contributed by atoms with Gasteiger partial charge in [0.15, 0.2) is 14.6 Å². The number of sulfonamides is 1. The van der Waals surface area contributed by atoms with Crippen LogP contribution in [0.15, 0.2) is 52.3 Å². The molecule has 7 nitrogen and oxygen atoms in total. The molecule has 0 radical (unpaired) electrons. The number of benzene rings is 2. The lowest BCUT2D eigenvalue weighted by Gasteiger charge is -2.28. The maximum absolute atomic E-state index is 13.7. The topological polar surface area (TPSA) is 101 Å². The van der Waals surface area contributed by atoms with Gasteiger partial charge in [-0.05, 0) is 68.1 Å². The van der Waals surface area contributed by atoms with E-state index in [4.69, 9.17) is 0 Å². The lowest BCUT2D eigenvalue weighted by molar-refractivity contribution is -0.118. The van der Waals surface area contributed by atoms with Crippen LogP contribution in [0.1, 0.15) is 36.8 Å². The van der Waals surface area contributed by atoms with Gasteiger partial charge in [-0.15, -0.1) is 0 Å². The van der Waals surface area contributed by atoms with Crippen LogP contribution in [0.5, 0.6) is 0 Å². The molecule has 0 saturated heterocycles. The molecule has 0 unspecified atom stereocenters. The smallest absolute Gasteiger partial charge is 0.246 e. The van der Waals surface area contributed by atoms with E-state index in [0.717, 1.165) is 9.87 Å². The lowest BCUT2D eigenvalue weighted by Crippen LogP contribution is -2.47. The fourth-order valence-electron chi connectivity index (χ4n) is 3.94. The molecule has 1 N–H and O–H groups in total. The van der Waals surface area contributed by atoms with E-state index in [0.29, 0.717) is 24.1 Å². The van der Waals surface area contributed by atoms with Crippen LogP contribution in [0, 0.1) is 13.8 Å². The van der Waals surface area contributed by atoms with E-state index in [2.05, 4.69) is 5.32 Å². The molecule has 0 spiro atoms. The molecular weight excluding hydrogens is 436 g/mol. The number of nitrogens with one attached hydrogen (secondary N) is 1. The van der Waals surface area contributed by atoms with E-state index >= 15 is 0 Å². The Morgan fingerprint density at radius 3 is 2.06 bits per heavy atom. The van der Waals surface area contributed by atoms with Crippen molar-refractivity contribution in [2.75, 3.05) is 19.4 Å². The van der Waals surface area contributed by atoms with Gasteiger partial charge in [-0.3, -0.25) is 4.79 Å². The van der Waals surface area contributed by atoms with Gasteiger partial charge in [0.05, 0.1) is 9.79 Å². The number of hydrogen-bond donors (Lipinski definition) is 1. The SMILES string of the molecule is Cc1ccc(C)c(S(=O)(=O)C2(C(=O)Nc3ccc(S(=O)(=O)N(C)C)cc3)CCCC2)c1. The van der Waals surface area contributed by atoms with E-state index < -0.39 is 30.5 Å². The van der Waals surface area contributed by atoms with Crippen LogP contribution in [0.25, 0.3) is 0 Å². The number of nitrogens with zero attached hydrogens (tertiary/aromatic N) is 1. The Morgan fingerprint density at radius 1 is 0.935 bits per heavy atom. The Kier molecular flexibility index (Phi) is 6.32. The molecule has 9 heteroatoms. The third-order valence-corrected chi connectivity index (χ3v) is 10.3. The summed E-state index contributed by atoms with van der Waals surface area (Å²) in [6.45, 7) is 3.56. The summed E-state index contributed by atoms with van der Waals surface area (Å²) in [4.78, 5) is 13.6. The lowest BCUT2D eigenvalue weighted by atomic mass is 10.1. The number of rotatable bonds is 6. The second-order valence-corrected chi connectivity index (χ2v) is 12.6. The van der Waals surface area contributed by atoms with Crippen molar-refractivity contribution in [1.29, 1.82) is 0 Å². The molecule has 1 aliphatic rings. The second kappa shape index (κ2) is 8.37. The number of carbonyl (C=O) groups excluding carboxylic acids is 1. The van der Waals surface area contributed by atoms with Crippen molar-refractivity contribution < 1.29 is 21.6 Å². The van der Waals surface area contributed by atoms with Crippen molar-refractivity contribution in [2.45, 2.75) is 54.1 Å². The van der Waals surface area contributed by atoms with Gasteiger partial charge in [0, 0.05) is 19.8 Å². The summed E-state index contributed by atoms with van der Waals surface area (Å²) in [5, 5.41) is 2.72. The largest absolute Gasteiger partial charge is 0.325 e. The zero-order valence-corrected chi connectivity index (χ0v) is 19.8. The van der Waals surface area contributed by atoms with Gasteiger partial charge in [-0.25, -0.2) is 21.1 Å². The first kappa shape index (κ1) is 23.4. The van der Waals surface area contributed by atoms with Crippen LogP contribution in [-0.2, 0) is 24.7 Å². The van der Waals surface area contributed by atoms with Crippen molar-refractivity contribution in [3.8, 4) is 0 Å². The fourth-order valence-corrected chi connectivity index (χ4v) is 7.21. The van der Waals surface area contributed by atoms with E-state index in [1.807, 2.05) is 13.0 Å². The highest BCUT2D eigenvalue weighted by molar-refractivity contribution is 7.93. The third-order valence-electron chi connectivity index (χ3n) is 5.86. The number of anilines is 1. The van der Waals surface area contributed by atoms with Crippen molar-refractivity contribution in [1.82, 2.24) is 4.31 Å². The Labute approximate surface area is 184 Å². The summed E-state index contributed by atoms with van der Waals surface area (Å²) >= 11 is 0. The second-order valence-electron chi connectivity index (χ2n) is 8.24. The van der Waals surface area contributed by atoms with E-state index in [-0.39, 0.29) is 22.6 Å². The van der Waals surface area contributed by atoms with Crippen LogP contribution >= 0.6 is 0 Å². The van der Waals surface area contributed by atoms with Crippen LogP contribution in [0.4, 0.5) is 5.69 Å². The highest BCUT2D eigenvalue weighted by Gasteiger charge is 2.53. The van der Waals surface area contributed by atoms with Crippen molar-refractivity contribution >= 4 is 31.5 Å². The van der Waals surface area contributed by atoms with Crippen molar-refractivity contribution in [2.24, 2.45) is 0 Å². The molecule has 2 aromatic carbocycles. The molecule has 168 valence electrons. The Hall–Kier alpha value is -2.23. The summed E-state index contributed by atoms with van der Waals surface area (Å²) in [5.41, 5.74) is 1.78. The first-order valence-electron chi connectivity index (χ1n) is 10.1. The maximum Gasteiger partial charge on any atom is 0.246 e. The molecule has 0 aromatic heterocycles. The summed E-state index contributed by atoms with van der Waals surface area (Å²) in [6.07, 6.45) is 1.80. The van der Waals surface area contributed by atoms with Crippen LogP contribution in [0.3, 0.4) is 0 Å². The summed E-state index contributed by atoms with van der Waals surface area (Å²) in [5.74, 6) is -0.575. The first-order chi connectivity index (χ1) is 14.4. The third kappa shape index (κ3) is 4.14. The minimum Gasteiger partial charge on any atom is -0.325 e. The number of hydrogen-bond acceptors (Lipinski definition) is 5. The summed E-state index contributed by atoms with van der Waals surface area (Å²) in [6, 6.07) is 11.0. The van der Waals surface area contributed by atoms with E-state index in [1.54, 1.807) is 19.1 Å². The molecule has 0 bridgehead atoms. The van der Waals surface area contributed by atoms with Crippen molar-refractivity contribution in [3.05, 3.63) is 53.6 Å². The molecule has 1 saturated carbocycles. The van der Waals surface area contributed by atoms with Crippen LogP contribution < -0.4 is 5.32 Å². The average Bonchev–Trinajstić information content (AvgIpc) is 3.22. The van der Waals surface area contributed by atoms with Gasteiger partial charge in [0.25, 0.3) is 0 Å². The minimum absolute atomic E-state index is 0.0917. The molecule has 0 aliphatic heterocycles. The maximum atomic E-state index is 13.7. The molecule has 2 aromatic rings. The molecule has 1 aliphatic carbocycles. The van der Waals surface area contributed by atoms with Crippen LogP contribution in [-0.4, -0.2) is 45.9 Å². The van der Waals surface area contributed by atoms with Gasteiger partial charge in [0.2, 0.25) is 15.9 Å². The van der Waals surface area contributed by atoms with E-state index in [1.165, 1.54) is 38.4 Å². The number of sulfone groups is 1. The van der Waals surface area contributed by atoms with Gasteiger partial charge in [-0.2, -0.15) is 0 Å². The van der Waals surface area contributed by atoms with Gasteiger partial charge < -0.3 is 5.32 Å². The molecule has 31 heavy (non-hydrogen) atoms. The average molecular weight is 465 g/mol. The Balaban J connectivity index is 1.95.